The Labute approximate surface area is 159 Å². The number of rotatable bonds is 7. The molecule has 1 fully saturated rings. The summed E-state index contributed by atoms with van der Waals surface area (Å²) in [7, 11) is 0. The van der Waals surface area contributed by atoms with Crippen molar-refractivity contribution in [2.45, 2.75) is 45.6 Å². The Morgan fingerprint density at radius 2 is 1.96 bits per heavy atom. The van der Waals surface area contributed by atoms with E-state index < -0.39 is 0 Å². The maximum Gasteiger partial charge on any atom is 0.253 e. The minimum absolute atomic E-state index is 0.113. The van der Waals surface area contributed by atoms with Gasteiger partial charge in [-0.3, -0.25) is 14.2 Å². The van der Waals surface area contributed by atoms with E-state index in [1.165, 1.54) is 17.1 Å². The number of nitrogens with zero attached hydrogens (tertiary/aromatic N) is 2. The molecule has 0 saturated heterocycles. The lowest BCUT2D eigenvalue weighted by Crippen LogP contribution is -2.35. The standard InChI is InChI=1S/C21H27N3O3/c1-2-27-18-10-8-16(9-11-18)19-14-20(25)24(15-23-19)13-12-22-21(26)17-6-4-3-5-7-17/h8-11,14-15,17H,2-7,12-13H2,1H3,(H,22,26). The highest BCUT2D eigenvalue weighted by Crippen LogP contribution is 2.23. The Morgan fingerprint density at radius 3 is 2.63 bits per heavy atom. The number of carbonyl (C=O) groups excluding carboxylic acids is 1. The topological polar surface area (TPSA) is 73.2 Å². The Hall–Kier alpha value is -2.63. The molecule has 1 N–H and O–H groups in total. The highest BCUT2D eigenvalue weighted by atomic mass is 16.5. The van der Waals surface area contributed by atoms with E-state index in [0.717, 1.165) is 37.0 Å². The molecule has 0 spiro atoms. The fourth-order valence-electron chi connectivity index (χ4n) is 3.45. The Kier molecular flexibility index (Phi) is 6.63. The van der Waals surface area contributed by atoms with E-state index >= 15 is 0 Å². The third kappa shape index (κ3) is 5.18. The molecule has 144 valence electrons. The number of benzene rings is 1. The second-order valence-electron chi connectivity index (χ2n) is 6.89. The summed E-state index contributed by atoms with van der Waals surface area (Å²) in [5.74, 6) is 1.04. The minimum atomic E-state index is -0.124. The van der Waals surface area contributed by atoms with E-state index in [9.17, 15) is 9.59 Å². The Bertz CT molecular complexity index is 808. The second-order valence-corrected chi connectivity index (χ2v) is 6.89. The first-order chi connectivity index (χ1) is 13.2. The molecular formula is C21H27N3O3. The van der Waals surface area contributed by atoms with Crippen LogP contribution in [-0.2, 0) is 11.3 Å². The molecule has 1 aromatic heterocycles. The van der Waals surface area contributed by atoms with Crippen molar-refractivity contribution in [3.8, 4) is 17.0 Å². The van der Waals surface area contributed by atoms with E-state index in [0.29, 0.717) is 25.4 Å². The van der Waals surface area contributed by atoms with Crippen LogP contribution in [-0.4, -0.2) is 28.6 Å². The largest absolute Gasteiger partial charge is 0.494 e. The fourth-order valence-corrected chi connectivity index (χ4v) is 3.45. The monoisotopic (exact) mass is 369 g/mol. The molecule has 2 aromatic rings. The van der Waals surface area contributed by atoms with Gasteiger partial charge in [0, 0.05) is 30.6 Å². The smallest absolute Gasteiger partial charge is 0.253 e. The number of carbonyl (C=O) groups is 1. The summed E-state index contributed by atoms with van der Waals surface area (Å²) in [6, 6.07) is 9.04. The Balaban J connectivity index is 1.56. The minimum Gasteiger partial charge on any atom is -0.494 e. The number of nitrogens with one attached hydrogen (secondary N) is 1. The van der Waals surface area contributed by atoms with Crippen molar-refractivity contribution in [1.82, 2.24) is 14.9 Å². The van der Waals surface area contributed by atoms with Gasteiger partial charge < -0.3 is 10.1 Å². The maximum absolute atomic E-state index is 12.3. The molecule has 6 nitrogen and oxygen atoms in total. The average Bonchev–Trinajstić information content (AvgIpc) is 2.70. The van der Waals surface area contributed by atoms with Gasteiger partial charge in [-0.05, 0) is 44.0 Å². The van der Waals surface area contributed by atoms with Crippen molar-refractivity contribution < 1.29 is 9.53 Å². The van der Waals surface area contributed by atoms with Gasteiger partial charge in [0.25, 0.3) is 5.56 Å². The van der Waals surface area contributed by atoms with Gasteiger partial charge in [0.15, 0.2) is 0 Å². The van der Waals surface area contributed by atoms with Crippen molar-refractivity contribution >= 4 is 5.91 Å². The molecule has 1 amide bonds. The molecule has 6 heteroatoms. The zero-order chi connectivity index (χ0) is 19.1. The van der Waals surface area contributed by atoms with Crippen molar-refractivity contribution in [3.63, 3.8) is 0 Å². The lowest BCUT2D eigenvalue weighted by molar-refractivity contribution is -0.125. The molecule has 1 heterocycles. The van der Waals surface area contributed by atoms with Crippen LogP contribution in [0.15, 0.2) is 41.5 Å². The first kappa shape index (κ1) is 19.1. The van der Waals surface area contributed by atoms with Gasteiger partial charge in [0.05, 0.1) is 18.6 Å². The number of hydrogen-bond donors (Lipinski definition) is 1. The second kappa shape index (κ2) is 9.35. The first-order valence-electron chi connectivity index (χ1n) is 9.75. The van der Waals surface area contributed by atoms with Gasteiger partial charge in [-0.15, -0.1) is 0 Å². The van der Waals surface area contributed by atoms with Crippen LogP contribution >= 0.6 is 0 Å². The molecule has 3 rings (SSSR count). The zero-order valence-corrected chi connectivity index (χ0v) is 15.8. The lowest BCUT2D eigenvalue weighted by atomic mass is 9.89. The summed E-state index contributed by atoms with van der Waals surface area (Å²) < 4.78 is 6.95. The van der Waals surface area contributed by atoms with Crippen LogP contribution in [0, 0.1) is 5.92 Å². The van der Waals surface area contributed by atoms with E-state index in [1.54, 1.807) is 6.33 Å². The number of ether oxygens (including phenoxy) is 1. The van der Waals surface area contributed by atoms with Crippen LogP contribution in [0.2, 0.25) is 0 Å². The van der Waals surface area contributed by atoms with Gasteiger partial charge in [-0.2, -0.15) is 0 Å². The Morgan fingerprint density at radius 1 is 1.22 bits per heavy atom. The van der Waals surface area contributed by atoms with E-state index in [-0.39, 0.29) is 17.4 Å². The van der Waals surface area contributed by atoms with E-state index in [1.807, 2.05) is 31.2 Å². The SMILES string of the molecule is CCOc1ccc(-c2cc(=O)n(CCNC(=O)C3CCCCC3)cn2)cc1. The molecule has 0 aliphatic heterocycles. The van der Waals surface area contributed by atoms with Crippen LogP contribution in [0.5, 0.6) is 5.75 Å². The van der Waals surface area contributed by atoms with Crippen molar-refractivity contribution in [1.29, 1.82) is 0 Å². The fraction of sp³-hybridized carbons (Fsp3) is 0.476. The summed E-state index contributed by atoms with van der Waals surface area (Å²) in [5.41, 5.74) is 1.37. The van der Waals surface area contributed by atoms with Crippen LogP contribution < -0.4 is 15.6 Å². The molecule has 1 aliphatic rings. The number of aromatic nitrogens is 2. The average molecular weight is 369 g/mol. The third-order valence-electron chi connectivity index (χ3n) is 4.97. The van der Waals surface area contributed by atoms with Gasteiger partial charge in [-0.25, -0.2) is 4.98 Å². The highest BCUT2D eigenvalue weighted by molar-refractivity contribution is 5.78. The van der Waals surface area contributed by atoms with Crippen molar-refractivity contribution in [2.75, 3.05) is 13.2 Å². The summed E-state index contributed by atoms with van der Waals surface area (Å²) in [6.45, 7) is 3.42. The van der Waals surface area contributed by atoms with Gasteiger partial charge in [0.1, 0.15) is 5.75 Å². The van der Waals surface area contributed by atoms with Gasteiger partial charge in [0.2, 0.25) is 5.91 Å². The van der Waals surface area contributed by atoms with Crippen LogP contribution in [0.3, 0.4) is 0 Å². The third-order valence-corrected chi connectivity index (χ3v) is 4.97. The summed E-state index contributed by atoms with van der Waals surface area (Å²) in [6.07, 6.45) is 6.99. The quantitative estimate of drug-likeness (QED) is 0.814. The maximum atomic E-state index is 12.3. The number of hydrogen-bond acceptors (Lipinski definition) is 4. The van der Waals surface area contributed by atoms with Crippen molar-refractivity contribution in [3.05, 3.63) is 47.0 Å². The van der Waals surface area contributed by atoms with Gasteiger partial charge >= 0.3 is 0 Å². The predicted molar refractivity (Wildman–Crippen MR) is 105 cm³/mol. The summed E-state index contributed by atoms with van der Waals surface area (Å²) in [5, 5.41) is 2.95. The van der Waals surface area contributed by atoms with E-state index in [4.69, 9.17) is 4.74 Å². The zero-order valence-electron chi connectivity index (χ0n) is 15.8. The molecule has 0 atom stereocenters. The highest BCUT2D eigenvalue weighted by Gasteiger charge is 2.20. The molecule has 27 heavy (non-hydrogen) atoms. The van der Waals surface area contributed by atoms with Crippen LogP contribution in [0.1, 0.15) is 39.0 Å². The predicted octanol–water partition coefficient (Wildman–Crippen LogP) is 3.01. The summed E-state index contributed by atoms with van der Waals surface area (Å²) >= 11 is 0. The molecule has 1 aliphatic carbocycles. The normalized spacial score (nSPS) is 14.7. The summed E-state index contributed by atoms with van der Waals surface area (Å²) in [4.78, 5) is 28.9. The van der Waals surface area contributed by atoms with Crippen LogP contribution in [0.4, 0.5) is 0 Å². The van der Waals surface area contributed by atoms with Gasteiger partial charge in [-0.1, -0.05) is 19.3 Å². The van der Waals surface area contributed by atoms with Crippen molar-refractivity contribution in [2.24, 2.45) is 5.92 Å². The number of amides is 1. The molecule has 0 bridgehead atoms. The van der Waals surface area contributed by atoms with Crippen LogP contribution in [0.25, 0.3) is 11.3 Å². The first-order valence-corrected chi connectivity index (χ1v) is 9.75. The molecule has 1 saturated carbocycles. The molecule has 0 radical (unpaired) electrons. The van der Waals surface area contributed by atoms with E-state index in [2.05, 4.69) is 10.3 Å². The lowest BCUT2D eigenvalue weighted by Gasteiger charge is -2.20. The molecular weight excluding hydrogens is 342 g/mol. The molecule has 1 aromatic carbocycles. The molecule has 0 unspecified atom stereocenters.